The summed E-state index contributed by atoms with van der Waals surface area (Å²) in [6.45, 7) is 0.270. The highest BCUT2D eigenvalue weighted by atomic mass is 32.2. The van der Waals surface area contributed by atoms with Crippen molar-refractivity contribution in [2.45, 2.75) is 43.7 Å². The molecule has 4 nitrogen and oxygen atoms in total. The third-order valence-corrected chi connectivity index (χ3v) is 5.31. The van der Waals surface area contributed by atoms with Gasteiger partial charge in [-0.1, -0.05) is 12.8 Å². The Kier molecular flexibility index (Phi) is 2.81. The van der Waals surface area contributed by atoms with Gasteiger partial charge in [-0.2, -0.15) is 11.8 Å². The maximum atomic E-state index is 12.6. The number of nitrogens with one attached hydrogen (secondary N) is 1. The summed E-state index contributed by atoms with van der Waals surface area (Å²) in [6.07, 6.45) is 4.81. The number of carbonyl (C=O) groups is 2. The van der Waals surface area contributed by atoms with Crippen LogP contribution in [-0.2, 0) is 9.59 Å². The van der Waals surface area contributed by atoms with E-state index in [1.165, 1.54) is 0 Å². The zero-order chi connectivity index (χ0) is 11.9. The van der Waals surface area contributed by atoms with Crippen molar-refractivity contribution >= 4 is 23.6 Å². The molecule has 5 heteroatoms. The molecule has 94 valence electrons. The van der Waals surface area contributed by atoms with E-state index in [0.29, 0.717) is 0 Å². The van der Waals surface area contributed by atoms with Gasteiger partial charge in [-0.25, -0.2) is 0 Å². The van der Waals surface area contributed by atoms with Gasteiger partial charge in [0.15, 0.2) is 0 Å². The second-order valence-electron chi connectivity index (χ2n) is 5.29. The third-order valence-electron chi connectivity index (χ3n) is 4.17. The van der Waals surface area contributed by atoms with Crippen molar-refractivity contribution in [3.05, 3.63) is 0 Å². The topological polar surface area (TPSA) is 49.4 Å². The van der Waals surface area contributed by atoms with Crippen LogP contribution in [0, 0.1) is 0 Å². The number of amides is 2. The molecule has 1 unspecified atom stereocenters. The summed E-state index contributed by atoms with van der Waals surface area (Å²) < 4.78 is 0. The van der Waals surface area contributed by atoms with Gasteiger partial charge in [-0.15, -0.1) is 0 Å². The number of hydrogen-bond acceptors (Lipinski definition) is 3. The molecule has 1 spiro atoms. The Morgan fingerprint density at radius 1 is 1.29 bits per heavy atom. The summed E-state index contributed by atoms with van der Waals surface area (Å²) in [5.41, 5.74) is -0.539. The minimum absolute atomic E-state index is 0.0309. The Hall–Kier alpha value is -0.710. The molecule has 3 rings (SSSR count). The van der Waals surface area contributed by atoms with E-state index in [1.54, 1.807) is 0 Å². The van der Waals surface area contributed by atoms with Crippen LogP contribution in [0.4, 0.5) is 0 Å². The molecule has 3 aliphatic rings. The summed E-state index contributed by atoms with van der Waals surface area (Å²) in [5, 5.41) is 2.96. The van der Waals surface area contributed by atoms with Crippen molar-refractivity contribution in [2.24, 2.45) is 0 Å². The molecular weight excluding hydrogens is 236 g/mol. The average Bonchev–Trinajstić information content (AvgIpc) is 2.95. The highest BCUT2D eigenvalue weighted by molar-refractivity contribution is 7.99. The van der Waals surface area contributed by atoms with Gasteiger partial charge >= 0.3 is 0 Å². The molecule has 17 heavy (non-hydrogen) atoms. The Morgan fingerprint density at radius 3 is 2.71 bits per heavy atom. The minimum atomic E-state index is -0.539. The highest BCUT2D eigenvalue weighted by Gasteiger charge is 2.49. The number of nitrogens with zero attached hydrogens (tertiary/aromatic N) is 1. The van der Waals surface area contributed by atoms with Crippen molar-refractivity contribution in [3.63, 3.8) is 0 Å². The van der Waals surface area contributed by atoms with Crippen molar-refractivity contribution in [2.75, 3.05) is 18.1 Å². The van der Waals surface area contributed by atoms with E-state index in [-0.39, 0.29) is 24.4 Å². The monoisotopic (exact) mass is 254 g/mol. The lowest BCUT2D eigenvalue weighted by atomic mass is 9.92. The van der Waals surface area contributed by atoms with Gasteiger partial charge in [-0.05, 0) is 25.0 Å². The Bertz CT molecular complexity index is 346. The zero-order valence-corrected chi connectivity index (χ0v) is 10.7. The van der Waals surface area contributed by atoms with Gasteiger partial charge < -0.3 is 10.2 Å². The fraction of sp³-hybridized carbons (Fsp3) is 0.833. The lowest BCUT2D eigenvalue weighted by Crippen LogP contribution is -2.67. The SMILES string of the molecule is O=C1CN(C2CCSC2)C(=O)C2(CCCC2)N1. The number of piperazine rings is 1. The normalized spacial score (nSPS) is 32.2. The van der Waals surface area contributed by atoms with Crippen LogP contribution in [0.2, 0.25) is 0 Å². The van der Waals surface area contributed by atoms with Crippen LogP contribution in [0.1, 0.15) is 32.1 Å². The molecule has 0 radical (unpaired) electrons. The highest BCUT2D eigenvalue weighted by Crippen LogP contribution is 2.35. The van der Waals surface area contributed by atoms with Crippen LogP contribution in [0.15, 0.2) is 0 Å². The third kappa shape index (κ3) is 1.84. The molecule has 0 bridgehead atoms. The first-order valence-electron chi connectivity index (χ1n) is 6.41. The predicted molar refractivity (Wildman–Crippen MR) is 66.8 cm³/mol. The lowest BCUT2D eigenvalue weighted by molar-refractivity contribution is -0.151. The van der Waals surface area contributed by atoms with Gasteiger partial charge in [0.1, 0.15) is 5.54 Å². The molecule has 1 N–H and O–H groups in total. The van der Waals surface area contributed by atoms with Crippen LogP contribution in [0.5, 0.6) is 0 Å². The summed E-state index contributed by atoms with van der Waals surface area (Å²) >= 11 is 1.88. The van der Waals surface area contributed by atoms with E-state index in [0.717, 1.165) is 43.6 Å². The second-order valence-corrected chi connectivity index (χ2v) is 6.44. The van der Waals surface area contributed by atoms with Crippen molar-refractivity contribution in [1.29, 1.82) is 0 Å². The molecule has 1 saturated carbocycles. The first-order valence-corrected chi connectivity index (χ1v) is 7.57. The average molecular weight is 254 g/mol. The molecule has 3 fully saturated rings. The number of thioether (sulfide) groups is 1. The Labute approximate surface area is 105 Å². The Morgan fingerprint density at radius 2 is 2.06 bits per heavy atom. The van der Waals surface area contributed by atoms with Crippen LogP contribution < -0.4 is 5.32 Å². The first kappa shape index (κ1) is 11.4. The number of rotatable bonds is 1. The standard InChI is InChI=1S/C12H18N2O2S/c15-10-7-14(9-3-6-17-8-9)11(16)12(13-10)4-1-2-5-12/h9H,1-8H2,(H,13,15). The molecule has 2 amide bonds. The molecule has 0 aromatic carbocycles. The summed E-state index contributed by atoms with van der Waals surface area (Å²) in [6, 6.07) is 0.288. The van der Waals surface area contributed by atoms with E-state index < -0.39 is 5.54 Å². The zero-order valence-electron chi connectivity index (χ0n) is 9.91. The maximum absolute atomic E-state index is 12.6. The fourth-order valence-electron chi connectivity index (χ4n) is 3.24. The lowest BCUT2D eigenvalue weighted by Gasteiger charge is -2.42. The first-order chi connectivity index (χ1) is 8.21. The quantitative estimate of drug-likeness (QED) is 0.751. The molecular formula is C12H18N2O2S. The smallest absolute Gasteiger partial charge is 0.249 e. The molecule has 2 heterocycles. The summed E-state index contributed by atoms with van der Waals surface area (Å²) in [5.74, 6) is 2.32. The largest absolute Gasteiger partial charge is 0.340 e. The van der Waals surface area contributed by atoms with Gasteiger partial charge in [0.05, 0.1) is 6.54 Å². The van der Waals surface area contributed by atoms with Crippen molar-refractivity contribution in [1.82, 2.24) is 10.2 Å². The van der Waals surface area contributed by atoms with Gasteiger partial charge in [0.2, 0.25) is 11.8 Å². The van der Waals surface area contributed by atoms with Crippen molar-refractivity contribution in [3.8, 4) is 0 Å². The van der Waals surface area contributed by atoms with E-state index >= 15 is 0 Å². The van der Waals surface area contributed by atoms with Crippen LogP contribution in [0.3, 0.4) is 0 Å². The van der Waals surface area contributed by atoms with Crippen LogP contribution in [0.25, 0.3) is 0 Å². The summed E-state index contributed by atoms with van der Waals surface area (Å²) in [7, 11) is 0. The van der Waals surface area contributed by atoms with Crippen LogP contribution in [-0.4, -0.2) is 46.3 Å². The molecule has 0 aromatic heterocycles. The molecule has 1 aliphatic carbocycles. The van der Waals surface area contributed by atoms with E-state index in [4.69, 9.17) is 0 Å². The molecule has 2 saturated heterocycles. The minimum Gasteiger partial charge on any atom is -0.340 e. The van der Waals surface area contributed by atoms with Gasteiger partial charge in [0.25, 0.3) is 0 Å². The second kappa shape index (κ2) is 4.19. The molecule has 0 aromatic rings. The number of hydrogen-bond donors (Lipinski definition) is 1. The number of carbonyl (C=O) groups excluding carboxylic acids is 2. The fourth-order valence-corrected chi connectivity index (χ4v) is 4.47. The summed E-state index contributed by atoms with van der Waals surface area (Å²) in [4.78, 5) is 26.3. The predicted octanol–water partition coefficient (Wildman–Crippen LogP) is 0.763. The van der Waals surface area contributed by atoms with E-state index in [9.17, 15) is 9.59 Å². The van der Waals surface area contributed by atoms with Gasteiger partial charge in [-0.3, -0.25) is 9.59 Å². The van der Waals surface area contributed by atoms with Crippen LogP contribution >= 0.6 is 11.8 Å². The van der Waals surface area contributed by atoms with E-state index in [1.807, 2.05) is 16.7 Å². The Balaban J connectivity index is 1.83. The van der Waals surface area contributed by atoms with Gasteiger partial charge in [0, 0.05) is 11.8 Å². The van der Waals surface area contributed by atoms with Crippen molar-refractivity contribution < 1.29 is 9.59 Å². The molecule has 1 atom stereocenters. The van der Waals surface area contributed by atoms with E-state index in [2.05, 4.69) is 5.32 Å². The maximum Gasteiger partial charge on any atom is 0.249 e. The molecule has 2 aliphatic heterocycles.